The average molecular weight is 242 g/mol. The second-order valence-electron chi connectivity index (χ2n) is 1.81. The van der Waals surface area contributed by atoms with Crippen molar-refractivity contribution in [2.45, 2.75) is 6.61 Å². The van der Waals surface area contributed by atoms with Crippen molar-refractivity contribution in [3.63, 3.8) is 0 Å². The van der Waals surface area contributed by atoms with Crippen molar-refractivity contribution in [2.24, 2.45) is 0 Å². The van der Waals surface area contributed by atoms with Crippen LogP contribution in [0.15, 0.2) is 16.9 Å². The Balaban J connectivity index is 2.92. The third-order valence-electron chi connectivity index (χ3n) is 1.02. The normalized spacial score (nSPS) is 10.4. The molecule has 0 spiro atoms. The molecule has 0 bridgehead atoms. The first-order valence-electron chi connectivity index (χ1n) is 2.85. The van der Waals surface area contributed by atoms with Crippen LogP contribution in [0, 0.1) is 5.82 Å². The van der Waals surface area contributed by atoms with Crippen molar-refractivity contribution < 1.29 is 17.9 Å². The Kier molecular flexibility index (Phi) is 2.91. The van der Waals surface area contributed by atoms with Crippen LogP contribution in [0.1, 0.15) is 0 Å². The highest BCUT2D eigenvalue weighted by atomic mass is 79.9. The van der Waals surface area contributed by atoms with Gasteiger partial charge in [-0.05, 0) is 15.9 Å². The first-order chi connectivity index (χ1) is 5.61. The van der Waals surface area contributed by atoms with E-state index in [1.54, 1.807) is 0 Å². The Labute approximate surface area is 74.5 Å². The molecule has 0 radical (unpaired) electrons. The van der Waals surface area contributed by atoms with Crippen LogP contribution in [0.25, 0.3) is 0 Å². The van der Waals surface area contributed by atoms with Crippen molar-refractivity contribution >= 4 is 15.9 Å². The Morgan fingerprint density at radius 2 is 2.08 bits per heavy atom. The summed E-state index contributed by atoms with van der Waals surface area (Å²) < 4.78 is 39.7. The van der Waals surface area contributed by atoms with E-state index in [0.29, 0.717) is 0 Å². The summed E-state index contributed by atoms with van der Waals surface area (Å²) >= 11 is 2.74. The third kappa shape index (κ3) is 2.10. The molecule has 1 heterocycles. The first kappa shape index (κ1) is 9.31. The van der Waals surface area contributed by atoms with Crippen LogP contribution in [0.5, 0.6) is 5.75 Å². The second kappa shape index (κ2) is 3.75. The average Bonchev–Trinajstić information content (AvgIpc) is 1.98. The van der Waals surface area contributed by atoms with Gasteiger partial charge in [-0.25, -0.2) is 4.39 Å². The molecule has 1 rings (SSSR count). The Morgan fingerprint density at radius 3 is 2.67 bits per heavy atom. The summed E-state index contributed by atoms with van der Waals surface area (Å²) in [5.41, 5.74) is 0. The minimum Gasteiger partial charge on any atom is -0.432 e. The lowest BCUT2D eigenvalue weighted by Gasteiger charge is -2.05. The van der Waals surface area contributed by atoms with E-state index in [2.05, 4.69) is 25.7 Å². The van der Waals surface area contributed by atoms with E-state index in [1.807, 2.05) is 0 Å². The van der Waals surface area contributed by atoms with Crippen molar-refractivity contribution in [2.75, 3.05) is 0 Å². The molecule has 66 valence electrons. The Bertz CT molecular complexity index is 281. The quantitative estimate of drug-likeness (QED) is 0.795. The zero-order chi connectivity index (χ0) is 9.14. The maximum Gasteiger partial charge on any atom is 0.387 e. The summed E-state index contributed by atoms with van der Waals surface area (Å²) in [6.07, 6.45) is 1.89. The van der Waals surface area contributed by atoms with Crippen LogP contribution in [0.4, 0.5) is 13.2 Å². The molecule has 0 aliphatic rings. The van der Waals surface area contributed by atoms with E-state index < -0.39 is 12.4 Å². The molecule has 0 fully saturated rings. The van der Waals surface area contributed by atoms with E-state index in [9.17, 15) is 13.2 Å². The predicted molar refractivity (Wildman–Crippen MR) is 38.5 cm³/mol. The van der Waals surface area contributed by atoms with Crippen LogP contribution in [-0.4, -0.2) is 11.6 Å². The third-order valence-corrected chi connectivity index (χ3v) is 1.79. The zero-order valence-electron chi connectivity index (χ0n) is 5.60. The van der Waals surface area contributed by atoms with Crippen molar-refractivity contribution in [1.82, 2.24) is 4.98 Å². The molecule has 0 saturated heterocycles. The lowest BCUT2D eigenvalue weighted by Crippen LogP contribution is -2.03. The van der Waals surface area contributed by atoms with E-state index in [1.165, 1.54) is 0 Å². The Hall–Kier alpha value is -0.780. The fourth-order valence-electron chi connectivity index (χ4n) is 0.580. The lowest BCUT2D eigenvalue weighted by molar-refractivity contribution is -0.0507. The van der Waals surface area contributed by atoms with Gasteiger partial charge in [0.25, 0.3) is 0 Å². The smallest absolute Gasteiger partial charge is 0.387 e. The highest BCUT2D eigenvalue weighted by Gasteiger charge is 2.11. The summed E-state index contributed by atoms with van der Waals surface area (Å²) in [5.74, 6) is -1.06. The SMILES string of the molecule is Fc1cncc(OC(F)F)c1Br. The lowest BCUT2D eigenvalue weighted by atomic mass is 10.4. The molecule has 0 aliphatic carbocycles. The summed E-state index contributed by atoms with van der Waals surface area (Å²) in [7, 11) is 0. The number of nitrogens with zero attached hydrogens (tertiary/aromatic N) is 1. The van der Waals surface area contributed by atoms with Crippen molar-refractivity contribution in [3.05, 3.63) is 22.7 Å². The molecule has 1 aromatic rings. The molecule has 0 aromatic carbocycles. The van der Waals surface area contributed by atoms with Crippen molar-refractivity contribution in [1.29, 1.82) is 0 Å². The molecule has 1 aromatic heterocycles. The molecule has 0 atom stereocenters. The van der Waals surface area contributed by atoms with Crippen LogP contribution in [0.2, 0.25) is 0 Å². The van der Waals surface area contributed by atoms with Gasteiger partial charge < -0.3 is 4.74 Å². The topological polar surface area (TPSA) is 22.1 Å². The number of ether oxygens (including phenoxy) is 1. The maximum absolute atomic E-state index is 12.6. The van der Waals surface area contributed by atoms with Gasteiger partial charge in [0.1, 0.15) is 0 Å². The number of hydrogen-bond acceptors (Lipinski definition) is 2. The van der Waals surface area contributed by atoms with Crippen LogP contribution in [0.3, 0.4) is 0 Å². The number of alkyl halides is 2. The number of rotatable bonds is 2. The highest BCUT2D eigenvalue weighted by molar-refractivity contribution is 9.10. The van der Waals surface area contributed by atoms with Gasteiger partial charge in [0.2, 0.25) is 0 Å². The highest BCUT2D eigenvalue weighted by Crippen LogP contribution is 2.27. The largest absolute Gasteiger partial charge is 0.432 e. The minimum absolute atomic E-state index is 0.155. The number of hydrogen-bond donors (Lipinski definition) is 0. The maximum atomic E-state index is 12.6. The van der Waals surface area contributed by atoms with Crippen LogP contribution in [-0.2, 0) is 0 Å². The van der Waals surface area contributed by atoms with E-state index in [-0.39, 0.29) is 10.2 Å². The molecule has 0 aliphatic heterocycles. The second-order valence-corrected chi connectivity index (χ2v) is 2.60. The summed E-state index contributed by atoms with van der Waals surface area (Å²) in [5, 5.41) is 0. The van der Waals surface area contributed by atoms with E-state index in [0.717, 1.165) is 12.4 Å². The fourth-order valence-corrected chi connectivity index (χ4v) is 0.878. The predicted octanol–water partition coefficient (Wildman–Crippen LogP) is 2.58. The minimum atomic E-state index is -2.98. The number of pyridine rings is 1. The van der Waals surface area contributed by atoms with E-state index >= 15 is 0 Å². The van der Waals surface area contributed by atoms with Gasteiger partial charge in [-0.2, -0.15) is 8.78 Å². The molecular formula is C6H3BrF3NO. The standard InChI is InChI=1S/C6H3BrF3NO/c7-5-3(8)1-11-2-4(5)12-6(9)10/h1-2,6H. The number of halogens is 4. The summed E-state index contributed by atoms with van der Waals surface area (Å²) in [6.45, 7) is -2.98. The molecule has 0 unspecified atom stereocenters. The van der Waals surface area contributed by atoms with Gasteiger partial charge in [-0.15, -0.1) is 0 Å². The fraction of sp³-hybridized carbons (Fsp3) is 0.167. The molecule has 0 saturated carbocycles. The monoisotopic (exact) mass is 241 g/mol. The van der Waals surface area contributed by atoms with Gasteiger partial charge in [0.05, 0.1) is 16.9 Å². The molecule has 6 heteroatoms. The molecular weight excluding hydrogens is 239 g/mol. The van der Waals surface area contributed by atoms with Gasteiger partial charge >= 0.3 is 6.61 Å². The van der Waals surface area contributed by atoms with Gasteiger partial charge in [0.15, 0.2) is 11.6 Å². The molecule has 2 nitrogen and oxygen atoms in total. The number of aromatic nitrogens is 1. The van der Waals surface area contributed by atoms with Gasteiger partial charge in [-0.3, -0.25) is 4.98 Å². The van der Waals surface area contributed by atoms with Crippen LogP contribution < -0.4 is 4.74 Å². The summed E-state index contributed by atoms with van der Waals surface area (Å²) in [4.78, 5) is 3.33. The summed E-state index contributed by atoms with van der Waals surface area (Å²) in [6, 6.07) is 0. The molecule has 0 N–H and O–H groups in total. The molecule has 0 amide bonds. The van der Waals surface area contributed by atoms with E-state index in [4.69, 9.17) is 0 Å². The van der Waals surface area contributed by atoms with Crippen molar-refractivity contribution in [3.8, 4) is 5.75 Å². The Morgan fingerprint density at radius 1 is 1.42 bits per heavy atom. The van der Waals surface area contributed by atoms with Gasteiger partial charge in [0, 0.05) is 0 Å². The first-order valence-corrected chi connectivity index (χ1v) is 3.64. The molecule has 12 heavy (non-hydrogen) atoms. The van der Waals surface area contributed by atoms with Crippen LogP contribution >= 0.6 is 15.9 Å². The zero-order valence-corrected chi connectivity index (χ0v) is 7.19. The van der Waals surface area contributed by atoms with Gasteiger partial charge in [-0.1, -0.05) is 0 Å².